The van der Waals surface area contributed by atoms with Crippen molar-refractivity contribution in [2.24, 2.45) is 11.3 Å². The highest BCUT2D eigenvalue weighted by molar-refractivity contribution is 6.31. The van der Waals surface area contributed by atoms with Gasteiger partial charge in [0.1, 0.15) is 0 Å². The number of halogens is 2. The highest BCUT2D eigenvalue weighted by atomic mass is 35.5. The van der Waals surface area contributed by atoms with Crippen LogP contribution in [0.25, 0.3) is 11.1 Å². The molecule has 0 unspecified atom stereocenters. The lowest BCUT2D eigenvalue weighted by Gasteiger charge is -2.48. The summed E-state index contributed by atoms with van der Waals surface area (Å²) in [6, 6.07) is 17.9. The number of aromatic nitrogens is 1. The molecule has 2 aromatic carbocycles. The first kappa shape index (κ1) is 24.3. The second kappa shape index (κ2) is 9.57. The van der Waals surface area contributed by atoms with E-state index in [-0.39, 0.29) is 36.3 Å². The molecule has 2 aliphatic rings. The van der Waals surface area contributed by atoms with Gasteiger partial charge in [0.2, 0.25) is 5.91 Å². The maximum Gasteiger partial charge on any atom is 0.226 e. The van der Waals surface area contributed by atoms with E-state index in [2.05, 4.69) is 47.6 Å². The summed E-state index contributed by atoms with van der Waals surface area (Å²) < 4.78 is 0. The van der Waals surface area contributed by atoms with Gasteiger partial charge >= 0.3 is 0 Å². The Balaban J connectivity index is 1.60. The molecule has 1 aliphatic heterocycles. The Morgan fingerprint density at radius 1 is 1.09 bits per heavy atom. The maximum absolute atomic E-state index is 13.2. The molecule has 1 aliphatic carbocycles. The minimum atomic E-state index is -0.492. The average molecular weight is 509 g/mol. The molecule has 2 N–H and O–H groups in total. The molecule has 6 heteroatoms. The van der Waals surface area contributed by atoms with Crippen LogP contribution in [0.2, 0.25) is 10.0 Å². The molecule has 4 nitrogen and oxygen atoms in total. The SMILES string of the molecule is CC[C@@]12CC[C@@H](c3ccc(-c4ccc(C)nc4)cc3Cl)[C@@H](c3ccc(Cl)cc3)[C@@H]1[C@@H](CO)NC2=O. The predicted molar refractivity (Wildman–Crippen MR) is 141 cm³/mol. The van der Waals surface area contributed by atoms with Gasteiger partial charge in [0, 0.05) is 33.4 Å². The molecule has 5 atom stereocenters. The number of pyridine rings is 1. The number of nitrogens with zero attached hydrogens (tertiary/aromatic N) is 1. The van der Waals surface area contributed by atoms with E-state index >= 15 is 0 Å². The minimum absolute atomic E-state index is 0.0152. The molecule has 2 fully saturated rings. The number of benzene rings is 2. The van der Waals surface area contributed by atoms with Gasteiger partial charge in [-0.05, 0) is 79.0 Å². The lowest BCUT2D eigenvalue weighted by atomic mass is 9.54. The van der Waals surface area contributed by atoms with Crippen molar-refractivity contribution in [3.05, 3.63) is 87.7 Å². The Morgan fingerprint density at radius 3 is 2.46 bits per heavy atom. The zero-order valence-electron chi connectivity index (χ0n) is 20.0. The average Bonchev–Trinajstić information content (AvgIpc) is 3.16. The standard InChI is InChI=1S/C29H30Cl2N2O2/c1-3-29-13-12-23(22-11-8-19(14-24(22)31)20-5-4-17(2)32-15-20)26(18-6-9-21(30)10-7-18)27(29)25(16-34)33-28(29)35/h4-11,14-15,23,25-27,34H,3,12-13,16H2,1-2H3,(H,33,35)/t23-,25+,26+,27-,29+/m0/s1. The van der Waals surface area contributed by atoms with Crippen molar-refractivity contribution in [2.45, 2.75) is 51.0 Å². The molecule has 2 heterocycles. The highest BCUT2D eigenvalue weighted by Crippen LogP contribution is 2.60. The van der Waals surface area contributed by atoms with Gasteiger partial charge in [-0.25, -0.2) is 0 Å². The van der Waals surface area contributed by atoms with Gasteiger partial charge < -0.3 is 10.4 Å². The van der Waals surface area contributed by atoms with Crippen molar-refractivity contribution in [1.82, 2.24) is 10.3 Å². The van der Waals surface area contributed by atoms with Crippen LogP contribution in [0.1, 0.15) is 54.8 Å². The van der Waals surface area contributed by atoms with Gasteiger partial charge in [-0.2, -0.15) is 0 Å². The lowest BCUT2D eigenvalue weighted by molar-refractivity contribution is -0.131. The molecule has 0 radical (unpaired) electrons. The molecular weight excluding hydrogens is 479 g/mol. The Bertz CT molecular complexity index is 1230. The van der Waals surface area contributed by atoms with Crippen LogP contribution in [0, 0.1) is 18.3 Å². The fourth-order valence-corrected chi connectivity index (χ4v) is 6.95. The molecule has 1 saturated carbocycles. The summed E-state index contributed by atoms with van der Waals surface area (Å²) in [5, 5.41) is 14.8. The van der Waals surface area contributed by atoms with E-state index < -0.39 is 5.41 Å². The summed E-state index contributed by atoms with van der Waals surface area (Å²) in [5.41, 5.74) is 4.74. The number of aliphatic hydroxyl groups is 1. The first-order valence-electron chi connectivity index (χ1n) is 12.3. The normalized spacial score (nSPS) is 28.0. The van der Waals surface area contributed by atoms with E-state index in [1.165, 1.54) is 0 Å². The van der Waals surface area contributed by atoms with Crippen LogP contribution in [-0.2, 0) is 4.79 Å². The van der Waals surface area contributed by atoms with Crippen molar-refractivity contribution in [3.63, 3.8) is 0 Å². The van der Waals surface area contributed by atoms with Crippen molar-refractivity contribution >= 4 is 29.1 Å². The predicted octanol–water partition coefficient (Wildman–Crippen LogP) is 6.53. The van der Waals surface area contributed by atoms with Gasteiger partial charge in [0.05, 0.1) is 18.1 Å². The first-order chi connectivity index (χ1) is 16.9. The van der Waals surface area contributed by atoms with Crippen LogP contribution >= 0.6 is 23.2 Å². The quantitative estimate of drug-likeness (QED) is 0.411. The van der Waals surface area contributed by atoms with Crippen molar-refractivity contribution in [3.8, 4) is 11.1 Å². The monoisotopic (exact) mass is 508 g/mol. The highest BCUT2D eigenvalue weighted by Gasteiger charge is 2.60. The molecule has 0 bridgehead atoms. The smallest absolute Gasteiger partial charge is 0.226 e. The van der Waals surface area contributed by atoms with Crippen LogP contribution in [0.15, 0.2) is 60.8 Å². The Kier molecular flexibility index (Phi) is 6.65. The lowest BCUT2D eigenvalue weighted by Crippen LogP contribution is -2.45. The maximum atomic E-state index is 13.2. The van der Waals surface area contributed by atoms with E-state index in [4.69, 9.17) is 23.2 Å². The first-order valence-corrected chi connectivity index (χ1v) is 13.0. The van der Waals surface area contributed by atoms with Crippen molar-refractivity contribution in [1.29, 1.82) is 0 Å². The number of carbonyl (C=O) groups excluding carboxylic acids is 1. The Labute approximate surface area is 216 Å². The third-order valence-electron chi connectivity index (χ3n) is 8.29. The van der Waals surface area contributed by atoms with Gasteiger partial charge in [-0.15, -0.1) is 0 Å². The second-order valence-corrected chi connectivity index (χ2v) is 10.8. The Morgan fingerprint density at radius 2 is 1.83 bits per heavy atom. The summed E-state index contributed by atoms with van der Waals surface area (Å²) in [6.07, 6.45) is 4.22. The number of aryl methyl sites for hydroxylation is 1. The van der Waals surface area contributed by atoms with E-state index in [1.807, 2.05) is 37.4 Å². The van der Waals surface area contributed by atoms with Gasteiger partial charge in [0.15, 0.2) is 0 Å². The fourth-order valence-electron chi connectivity index (χ4n) is 6.51. The number of amides is 1. The zero-order valence-corrected chi connectivity index (χ0v) is 21.5. The number of carbonyl (C=O) groups is 1. The van der Waals surface area contributed by atoms with Crippen molar-refractivity contribution in [2.75, 3.05) is 6.61 Å². The Hall–Kier alpha value is -2.40. The zero-order chi connectivity index (χ0) is 24.7. The summed E-state index contributed by atoms with van der Waals surface area (Å²) in [4.78, 5) is 17.6. The molecule has 0 spiro atoms. The molecule has 1 amide bonds. The van der Waals surface area contributed by atoms with E-state index in [0.29, 0.717) is 10.0 Å². The fraction of sp³-hybridized carbons (Fsp3) is 0.379. The molecule has 182 valence electrons. The van der Waals surface area contributed by atoms with E-state index in [1.54, 1.807) is 0 Å². The summed E-state index contributed by atoms with van der Waals surface area (Å²) in [6.45, 7) is 3.98. The number of aliphatic hydroxyl groups excluding tert-OH is 1. The molecule has 1 saturated heterocycles. The summed E-state index contributed by atoms with van der Waals surface area (Å²) in [5.74, 6) is 0.151. The summed E-state index contributed by atoms with van der Waals surface area (Å²) >= 11 is 13.2. The molecule has 35 heavy (non-hydrogen) atoms. The van der Waals surface area contributed by atoms with Crippen LogP contribution in [0.3, 0.4) is 0 Å². The third kappa shape index (κ3) is 4.16. The van der Waals surface area contributed by atoms with Crippen LogP contribution in [0.5, 0.6) is 0 Å². The second-order valence-electron chi connectivity index (χ2n) is 9.95. The molecule has 5 rings (SSSR count). The third-order valence-corrected chi connectivity index (χ3v) is 8.87. The largest absolute Gasteiger partial charge is 0.394 e. The summed E-state index contributed by atoms with van der Waals surface area (Å²) in [7, 11) is 0. The number of rotatable bonds is 5. The number of fused-ring (bicyclic) bond motifs is 1. The van der Waals surface area contributed by atoms with Crippen LogP contribution < -0.4 is 5.32 Å². The van der Waals surface area contributed by atoms with Gasteiger partial charge in [0.25, 0.3) is 0 Å². The van der Waals surface area contributed by atoms with Crippen molar-refractivity contribution < 1.29 is 9.90 Å². The van der Waals surface area contributed by atoms with E-state index in [9.17, 15) is 9.90 Å². The number of nitrogens with one attached hydrogen (secondary N) is 1. The van der Waals surface area contributed by atoms with Crippen LogP contribution in [0.4, 0.5) is 0 Å². The number of hydrogen-bond donors (Lipinski definition) is 2. The molecule has 1 aromatic heterocycles. The molecular formula is C29H30Cl2N2O2. The topological polar surface area (TPSA) is 62.2 Å². The molecule has 3 aromatic rings. The van der Waals surface area contributed by atoms with Gasteiger partial charge in [-0.3, -0.25) is 9.78 Å². The van der Waals surface area contributed by atoms with Gasteiger partial charge in [-0.1, -0.05) is 60.5 Å². The minimum Gasteiger partial charge on any atom is -0.394 e. The van der Waals surface area contributed by atoms with Crippen LogP contribution in [-0.4, -0.2) is 28.6 Å². The number of hydrogen-bond acceptors (Lipinski definition) is 3. The van der Waals surface area contributed by atoms with E-state index in [0.717, 1.165) is 47.2 Å².